The first-order chi connectivity index (χ1) is 11.1. The van der Waals surface area contributed by atoms with Gasteiger partial charge in [0.1, 0.15) is 6.04 Å². The zero-order valence-corrected chi connectivity index (χ0v) is 13.2. The van der Waals surface area contributed by atoms with E-state index in [2.05, 4.69) is 5.32 Å². The number of nitrogens with one attached hydrogen (secondary N) is 1. The van der Waals surface area contributed by atoms with Crippen LogP contribution in [-0.2, 0) is 4.79 Å². The minimum absolute atomic E-state index is 0.306. The Kier molecular flexibility index (Phi) is 5.94. The maximum atomic E-state index is 12.2. The average molecular weight is 329 g/mol. The second-order valence-corrected chi connectivity index (χ2v) is 5.36. The van der Waals surface area contributed by atoms with Gasteiger partial charge in [-0.2, -0.15) is 0 Å². The van der Waals surface area contributed by atoms with Crippen LogP contribution in [-0.4, -0.2) is 17.9 Å². The summed E-state index contributed by atoms with van der Waals surface area (Å²) >= 11 is 5.98. The van der Waals surface area contributed by atoms with Gasteiger partial charge in [0, 0.05) is 0 Å². The van der Waals surface area contributed by atoms with Crippen LogP contribution >= 0.6 is 11.6 Å². The van der Waals surface area contributed by atoms with E-state index in [-0.39, 0.29) is 0 Å². The third-order valence-electron chi connectivity index (χ3n) is 3.25. The Labute approximate surface area is 140 Å². The zero-order chi connectivity index (χ0) is 16.7. The van der Waals surface area contributed by atoms with E-state index in [1.807, 2.05) is 36.4 Å². The summed E-state index contributed by atoms with van der Waals surface area (Å²) in [7, 11) is 0. The standard InChI is InChI=1S/C18H17ClN2O2/c19-15-11-5-4-10-14(15)18(23)21-16(17(20)22)12-6-9-13-7-2-1-3-8-13/h1-11,16H,12H2,(H2,20,22)(H,21,23)/b9-6+/t16-/m1/s1. The van der Waals surface area contributed by atoms with E-state index < -0.39 is 17.9 Å². The molecule has 0 aromatic heterocycles. The maximum Gasteiger partial charge on any atom is 0.253 e. The molecule has 1 atom stereocenters. The molecule has 5 heteroatoms. The number of halogens is 1. The molecule has 0 bridgehead atoms. The summed E-state index contributed by atoms with van der Waals surface area (Å²) in [4.78, 5) is 23.7. The molecule has 3 N–H and O–H groups in total. The molecule has 0 aliphatic rings. The van der Waals surface area contributed by atoms with Crippen LogP contribution in [0.2, 0.25) is 5.02 Å². The summed E-state index contributed by atoms with van der Waals surface area (Å²) in [5, 5.41) is 2.94. The lowest BCUT2D eigenvalue weighted by Crippen LogP contribution is -2.44. The van der Waals surface area contributed by atoms with Gasteiger partial charge in [0.2, 0.25) is 5.91 Å². The van der Waals surface area contributed by atoms with Crippen molar-refractivity contribution < 1.29 is 9.59 Å². The molecule has 2 amide bonds. The molecule has 0 aliphatic heterocycles. The molecule has 0 saturated carbocycles. The van der Waals surface area contributed by atoms with E-state index in [1.165, 1.54) is 0 Å². The van der Waals surface area contributed by atoms with Gasteiger partial charge in [-0.25, -0.2) is 0 Å². The van der Waals surface area contributed by atoms with Gasteiger partial charge < -0.3 is 11.1 Å². The van der Waals surface area contributed by atoms with Gasteiger partial charge in [0.05, 0.1) is 10.6 Å². The van der Waals surface area contributed by atoms with Crippen LogP contribution in [0.3, 0.4) is 0 Å². The summed E-state index contributed by atoms with van der Waals surface area (Å²) in [6.45, 7) is 0. The molecule has 0 heterocycles. The van der Waals surface area contributed by atoms with Crippen molar-refractivity contribution in [1.29, 1.82) is 0 Å². The lowest BCUT2D eigenvalue weighted by atomic mass is 10.1. The number of benzene rings is 2. The number of hydrogen-bond donors (Lipinski definition) is 2. The lowest BCUT2D eigenvalue weighted by Gasteiger charge is -2.14. The summed E-state index contributed by atoms with van der Waals surface area (Å²) in [6, 6.07) is 15.5. The van der Waals surface area contributed by atoms with Crippen molar-refractivity contribution in [2.45, 2.75) is 12.5 Å². The van der Waals surface area contributed by atoms with Crippen molar-refractivity contribution in [3.05, 3.63) is 76.8 Å². The van der Waals surface area contributed by atoms with Crippen molar-refractivity contribution in [2.75, 3.05) is 0 Å². The van der Waals surface area contributed by atoms with Crippen LogP contribution in [0.15, 0.2) is 60.7 Å². The lowest BCUT2D eigenvalue weighted by molar-refractivity contribution is -0.119. The van der Waals surface area contributed by atoms with E-state index in [9.17, 15) is 9.59 Å². The molecule has 0 spiro atoms. The predicted octanol–water partition coefficient (Wildman–Crippen LogP) is 3.03. The van der Waals surface area contributed by atoms with Crippen molar-refractivity contribution in [3.63, 3.8) is 0 Å². The van der Waals surface area contributed by atoms with Gasteiger partial charge in [0.15, 0.2) is 0 Å². The Bertz CT molecular complexity index is 714. The fourth-order valence-corrected chi connectivity index (χ4v) is 2.25. The number of rotatable bonds is 6. The molecule has 118 valence electrons. The van der Waals surface area contributed by atoms with Crippen LogP contribution in [0.25, 0.3) is 6.08 Å². The SMILES string of the molecule is NC(=O)[C@@H](C/C=C/c1ccccc1)NC(=O)c1ccccc1Cl. The average Bonchev–Trinajstić information content (AvgIpc) is 2.55. The van der Waals surface area contributed by atoms with Crippen molar-refractivity contribution in [1.82, 2.24) is 5.32 Å². The van der Waals surface area contributed by atoms with Crippen molar-refractivity contribution in [2.24, 2.45) is 5.73 Å². The van der Waals surface area contributed by atoms with Crippen molar-refractivity contribution in [3.8, 4) is 0 Å². The smallest absolute Gasteiger partial charge is 0.253 e. The molecule has 0 radical (unpaired) electrons. The monoisotopic (exact) mass is 328 g/mol. The van der Waals surface area contributed by atoms with Gasteiger partial charge in [-0.3, -0.25) is 9.59 Å². The van der Waals surface area contributed by atoms with Gasteiger partial charge in [-0.1, -0.05) is 66.2 Å². The highest BCUT2D eigenvalue weighted by Gasteiger charge is 2.18. The van der Waals surface area contributed by atoms with Gasteiger partial charge in [0.25, 0.3) is 5.91 Å². The highest BCUT2D eigenvalue weighted by atomic mass is 35.5. The van der Waals surface area contributed by atoms with E-state index in [0.29, 0.717) is 17.0 Å². The molecule has 2 aromatic rings. The van der Waals surface area contributed by atoms with Crippen LogP contribution in [0.4, 0.5) is 0 Å². The molecule has 23 heavy (non-hydrogen) atoms. The van der Waals surface area contributed by atoms with E-state index in [0.717, 1.165) is 5.56 Å². The molecular weight excluding hydrogens is 312 g/mol. The third-order valence-corrected chi connectivity index (χ3v) is 3.58. The number of hydrogen-bond acceptors (Lipinski definition) is 2. The molecule has 4 nitrogen and oxygen atoms in total. The third kappa shape index (κ3) is 4.97. The first-order valence-electron chi connectivity index (χ1n) is 7.14. The first kappa shape index (κ1) is 16.8. The van der Waals surface area contributed by atoms with E-state index >= 15 is 0 Å². The Morgan fingerprint density at radius 1 is 1.09 bits per heavy atom. The van der Waals surface area contributed by atoms with Crippen molar-refractivity contribution >= 4 is 29.5 Å². The minimum Gasteiger partial charge on any atom is -0.368 e. The highest BCUT2D eigenvalue weighted by Crippen LogP contribution is 2.15. The maximum absolute atomic E-state index is 12.2. The van der Waals surface area contributed by atoms with Crippen LogP contribution in [0.5, 0.6) is 0 Å². The Morgan fingerprint density at radius 3 is 2.39 bits per heavy atom. The van der Waals surface area contributed by atoms with Gasteiger partial charge >= 0.3 is 0 Å². The Hall–Kier alpha value is -2.59. The van der Waals surface area contributed by atoms with Gasteiger partial charge in [-0.15, -0.1) is 0 Å². The molecule has 2 rings (SSSR count). The van der Waals surface area contributed by atoms with Crippen LogP contribution in [0.1, 0.15) is 22.3 Å². The van der Waals surface area contributed by atoms with E-state index in [1.54, 1.807) is 30.3 Å². The Morgan fingerprint density at radius 2 is 1.74 bits per heavy atom. The first-order valence-corrected chi connectivity index (χ1v) is 7.52. The summed E-state index contributed by atoms with van der Waals surface area (Å²) in [5.41, 5.74) is 6.68. The predicted molar refractivity (Wildman–Crippen MR) is 92.0 cm³/mol. The molecule has 0 aliphatic carbocycles. The Balaban J connectivity index is 2.02. The normalized spacial score (nSPS) is 12.0. The quantitative estimate of drug-likeness (QED) is 0.855. The number of carbonyl (C=O) groups excluding carboxylic acids is 2. The number of carbonyl (C=O) groups is 2. The minimum atomic E-state index is -0.793. The summed E-state index contributed by atoms with van der Waals surface area (Å²) in [5.74, 6) is -1.02. The zero-order valence-electron chi connectivity index (χ0n) is 12.4. The fourth-order valence-electron chi connectivity index (χ4n) is 2.03. The molecule has 0 saturated heterocycles. The molecular formula is C18H17ClN2O2. The highest BCUT2D eigenvalue weighted by molar-refractivity contribution is 6.33. The largest absolute Gasteiger partial charge is 0.368 e. The molecule has 0 fully saturated rings. The summed E-state index contributed by atoms with van der Waals surface area (Å²) < 4.78 is 0. The number of nitrogens with two attached hydrogens (primary N) is 1. The van der Waals surface area contributed by atoms with E-state index in [4.69, 9.17) is 17.3 Å². The number of primary amides is 1. The topological polar surface area (TPSA) is 72.2 Å². The number of amides is 2. The summed E-state index contributed by atoms with van der Waals surface area (Å²) in [6.07, 6.45) is 3.98. The van der Waals surface area contributed by atoms with Crippen LogP contribution < -0.4 is 11.1 Å². The fraction of sp³-hybridized carbons (Fsp3) is 0.111. The van der Waals surface area contributed by atoms with Gasteiger partial charge in [-0.05, 0) is 24.1 Å². The second kappa shape index (κ2) is 8.15. The van der Waals surface area contributed by atoms with Crippen LogP contribution in [0, 0.1) is 0 Å². The molecule has 0 unspecified atom stereocenters. The molecule has 2 aromatic carbocycles. The second-order valence-electron chi connectivity index (χ2n) is 4.96.